The number of halogens is 2. The van der Waals surface area contributed by atoms with Gasteiger partial charge in [-0.05, 0) is 91.9 Å². The lowest BCUT2D eigenvalue weighted by Gasteiger charge is -2.10. The second-order valence-corrected chi connectivity index (χ2v) is 12.4. The molecule has 0 atom stereocenters. The summed E-state index contributed by atoms with van der Waals surface area (Å²) in [5.41, 5.74) is 2.64. The first kappa shape index (κ1) is 24.5. The fraction of sp³-hybridized carbons (Fsp3) is 0.0370. The van der Waals surface area contributed by atoms with E-state index in [2.05, 4.69) is 55.5 Å². The summed E-state index contributed by atoms with van der Waals surface area (Å²) in [5.74, 6) is 0. The molecule has 0 heterocycles. The third-order valence-electron chi connectivity index (χ3n) is 4.95. The largest absolute Gasteiger partial charge is 0.282 e. The topological polar surface area (TPSA) is 34.1 Å². The van der Waals surface area contributed by atoms with Crippen molar-refractivity contribution in [1.29, 1.82) is 0 Å². The molecule has 0 aliphatic rings. The molecule has 4 aromatic carbocycles. The van der Waals surface area contributed by atoms with Crippen molar-refractivity contribution >= 4 is 75.4 Å². The molecule has 0 radical (unpaired) electrons. The van der Waals surface area contributed by atoms with Crippen molar-refractivity contribution in [2.45, 2.75) is 31.4 Å². The molecule has 6 heteroatoms. The molecule has 0 aliphatic heterocycles. The van der Waals surface area contributed by atoms with E-state index >= 15 is 0 Å². The zero-order chi connectivity index (χ0) is 23.4. The minimum absolute atomic E-state index is 0.0291. The van der Waals surface area contributed by atoms with E-state index < -0.39 is 0 Å². The summed E-state index contributed by atoms with van der Waals surface area (Å²) in [6.45, 7) is 2.09. The van der Waals surface area contributed by atoms with Crippen molar-refractivity contribution in [3.8, 4) is 0 Å². The molecular weight excluding hydrogens is 674 g/mol. The van der Waals surface area contributed by atoms with Gasteiger partial charge in [-0.1, -0.05) is 29.5 Å². The van der Waals surface area contributed by atoms with Crippen molar-refractivity contribution < 1.29 is 9.59 Å². The van der Waals surface area contributed by atoms with Gasteiger partial charge in [-0.25, -0.2) is 0 Å². The van der Waals surface area contributed by atoms with E-state index in [9.17, 15) is 9.59 Å². The molecule has 0 fully saturated rings. The van der Waals surface area contributed by atoms with Crippen LogP contribution < -0.4 is 0 Å². The molecule has 4 rings (SSSR count). The van der Waals surface area contributed by atoms with Crippen molar-refractivity contribution in [3.63, 3.8) is 0 Å². The van der Waals surface area contributed by atoms with E-state index in [1.165, 1.54) is 20.2 Å². The standard InChI is InChI=1S/C27H19I2O2S2/c1-18-2-8-21(9-3-18)32-22-10-16-25(17-11-22)33(23-12-4-19(5-13-23)26(28)30)24-14-6-20(7-15-24)27(29)31/h2-17H,1H3/q+1. The molecule has 0 unspecified atom stereocenters. The third kappa shape index (κ3) is 6.29. The summed E-state index contributed by atoms with van der Waals surface area (Å²) >= 11 is 5.37. The first-order valence-corrected chi connectivity index (χ1v) is 14.3. The Kier molecular flexibility index (Phi) is 8.32. The second-order valence-electron chi connectivity index (χ2n) is 7.29. The van der Waals surface area contributed by atoms with Crippen molar-refractivity contribution in [2.75, 3.05) is 0 Å². The van der Waals surface area contributed by atoms with E-state index in [0.717, 1.165) is 9.79 Å². The lowest BCUT2D eigenvalue weighted by molar-refractivity contribution is 0.109. The van der Waals surface area contributed by atoms with Gasteiger partial charge in [0.2, 0.25) is 7.58 Å². The van der Waals surface area contributed by atoms with Gasteiger partial charge in [0.15, 0.2) is 14.7 Å². The summed E-state index contributed by atoms with van der Waals surface area (Å²) in [5, 5.41) is 0. The zero-order valence-electron chi connectivity index (χ0n) is 17.6. The summed E-state index contributed by atoms with van der Waals surface area (Å²) in [4.78, 5) is 29.3. The van der Waals surface area contributed by atoms with Gasteiger partial charge < -0.3 is 0 Å². The Morgan fingerprint density at radius 2 is 0.909 bits per heavy atom. The Balaban J connectivity index is 1.68. The molecule has 0 N–H and O–H groups in total. The maximum Gasteiger partial charge on any atom is 0.222 e. The quantitative estimate of drug-likeness (QED) is 0.111. The van der Waals surface area contributed by atoms with Gasteiger partial charge in [-0.15, -0.1) is 0 Å². The van der Waals surface area contributed by atoms with Crippen LogP contribution in [-0.4, -0.2) is 7.58 Å². The summed E-state index contributed by atoms with van der Waals surface area (Å²) in [6, 6.07) is 32.9. The summed E-state index contributed by atoms with van der Waals surface area (Å²) < 4.78 is 0.0582. The SMILES string of the molecule is Cc1ccc(Sc2ccc([S+](c3ccc(C(=O)I)cc3)c3ccc(C(=O)I)cc3)cc2)cc1. The number of aryl methyl sites for hydroxylation is 1. The van der Waals surface area contributed by atoms with Crippen LogP contribution in [0.1, 0.15) is 26.3 Å². The van der Waals surface area contributed by atoms with E-state index in [-0.39, 0.29) is 18.5 Å². The van der Waals surface area contributed by atoms with E-state index in [1.807, 2.05) is 93.7 Å². The molecule has 0 amide bonds. The zero-order valence-corrected chi connectivity index (χ0v) is 23.6. The molecular formula is C27H19I2O2S2+. The van der Waals surface area contributed by atoms with Crippen molar-refractivity contribution in [3.05, 3.63) is 114 Å². The lowest BCUT2D eigenvalue weighted by atomic mass is 10.2. The van der Waals surface area contributed by atoms with Crippen LogP contribution in [0.25, 0.3) is 0 Å². The lowest BCUT2D eigenvalue weighted by Crippen LogP contribution is -2.05. The van der Waals surface area contributed by atoms with Gasteiger partial charge >= 0.3 is 0 Å². The third-order valence-corrected chi connectivity index (χ3v) is 9.44. The number of hydrogen-bond donors (Lipinski definition) is 0. The van der Waals surface area contributed by atoms with Gasteiger partial charge in [-0.3, -0.25) is 9.59 Å². The van der Waals surface area contributed by atoms with Crippen LogP contribution in [-0.2, 0) is 10.9 Å². The molecule has 0 saturated carbocycles. The Morgan fingerprint density at radius 3 is 1.27 bits per heavy atom. The molecule has 4 aromatic rings. The van der Waals surface area contributed by atoms with Crippen LogP contribution in [0.2, 0.25) is 0 Å². The van der Waals surface area contributed by atoms with E-state index in [1.54, 1.807) is 11.8 Å². The highest BCUT2D eigenvalue weighted by Gasteiger charge is 2.29. The van der Waals surface area contributed by atoms with Crippen LogP contribution in [0, 0.1) is 6.92 Å². The minimum Gasteiger partial charge on any atom is -0.282 e. The average molecular weight is 693 g/mol. The van der Waals surface area contributed by atoms with Gasteiger partial charge in [0.05, 0.1) is 10.9 Å². The minimum atomic E-state index is -0.352. The molecule has 0 spiro atoms. The van der Waals surface area contributed by atoms with Gasteiger partial charge in [-0.2, -0.15) is 0 Å². The maximum absolute atomic E-state index is 11.7. The smallest absolute Gasteiger partial charge is 0.222 e. The predicted molar refractivity (Wildman–Crippen MR) is 153 cm³/mol. The highest BCUT2D eigenvalue weighted by Crippen LogP contribution is 2.34. The monoisotopic (exact) mass is 693 g/mol. The first-order valence-electron chi connectivity index (χ1n) is 10.1. The summed E-state index contributed by atoms with van der Waals surface area (Å²) in [7, 11) is -0.352. The van der Waals surface area contributed by atoms with Crippen LogP contribution in [0.5, 0.6) is 0 Å². The number of rotatable bonds is 7. The molecule has 0 aromatic heterocycles. The summed E-state index contributed by atoms with van der Waals surface area (Å²) in [6.07, 6.45) is 0. The van der Waals surface area contributed by atoms with E-state index in [0.29, 0.717) is 11.1 Å². The van der Waals surface area contributed by atoms with Gasteiger partial charge in [0.25, 0.3) is 0 Å². The fourth-order valence-electron chi connectivity index (χ4n) is 3.24. The highest BCUT2D eigenvalue weighted by molar-refractivity contribution is 14.1. The van der Waals surface area contributed by atoms with Crippen LogP contribution in [0.3, 0.4) is 0 Å². The van der Waals surface area contributed by atoms with Crippen LogP contribution in [0.4, 0.5) is 0 Å². The molecule has 0 bridgehead atoms. The molecule has 164 valence electrons. The van der Waals surface area contributed by atoms with Gasteiger partial charge in [0.1, 0.15) is 0 Å². The van der Waals surface area contributed by atoms with Crippen LogP contribution in [0.15, 0.2) is 122 Å². The molecule has 0 saturated heterocycles. The molecule has 2 nitrogen and oxygen atoms in total. The maximum atomic E-state index is 11.7. The van der Waals surface area contributed by atoms with Crippen LogP contribution >= 0.6 is 56.9 Å². The Bertz CT molecular complexity index is 1210. The van der Waals surface area contributed by atoms with E-state index in [4.69, 9.17) is 0 Å². The second kappa shape index (κ2) is 11.2. The molecule has 33 heavy (non-hydrogen) atoms. The predicted octanol–water partition coefficient (Wildman–Crippen LogP) is 8.39. The number of hydrogen-bond acceptors (Lipinski definition) is 3. The Morgan fingerprint density at radius 1 is 0.576 bits per heavy atom. The molecule has 0 aliphatic carbocycles. The normalized spacial score (nSPS) is 10.9. The Hall–Kier alpha value is -1.62. The number of carbonyl (C=O) groups excluding carboxylic acids is 2. The fourth-order valence-corrected chi connectivity index (χ4v) is 6.82. The Labute approximate surface area is 228 Å². The van der Waals surface area contributed by atoms with Crippen molar-refractivity contribution in [2.24, 2.45) is 0 Å². The van der Waals surface area contributed by atoms with Gasteiger partial charge in [0, 0.05) is 66.1 Å². The number of benzene rings is 4. The van der Waals surface area contributed by atoms with Crippen molar-refractivity contribution in [1.82, 2.24) is 0 Å². The first-order chi connectivity index (χ1) is 15.9. The highest BCUT2D eigenvalue weighted by atomic mass is 127. The number of carbonyl (C=O) groups is 2. The average Bonchev–Trinajstić information content (AvgIpc) is 2.82.